The molecule has 1 aromatic carbocycles. The van der Waals surface area contributed by atoms with Gasteiger partial charge in [-0.2, -0.15) is 0 Å². The molecule has 0 spiro atoms. The molecule has 1 aromatic heterocycles. The molecule has 1 unspecified atom stereocenters. The molecule has 0 radical (unpaired) electrons. The van der Waals surface area contributed by atoms with Crippen molar-refractivity contribution in [1.82, 2.24) is 5.32 Å². The number of hydrogen-bond donors (Lipinski definition) is 1. The molecule has 4 rings (SSSR count). The van der Waals surface area contributed by atoms with E-state index in [1.54, 1.807) is 22.6 Å². The Bertz CT molecular complexity index is 606. The number of fused-ring (bicyclic) bond motifs is 1. The predicted molar refractivity (Wildman–Crippen MR) is 85.0 cm³/mol. The predicted octanol–water partition coefficient (Wildman–Crippen LogP) is 4.62. The minimum Gasteiger partial charge on any atom is -0.305 e. The largest absolute Gasteiger partial charge is 0.305 e. The van der Waals surface area contributed by atoms with E-state index in [1.807, 2.05) is 23.5 Å². The fourth-order valence-electron chi connectivity index (χ4n) is 3.34. The van der Waals surface area contributed by atoms with E-state index in [1.165, 1.54) is 42.5 Å². The Morgan fingerprint density at radius 3 is 2.71 bits per heavy atom. The SMILES string of the molecule is Fc1ccc(C(NCc2cc3c(s2)CCC3)C2CC2)cc1. The molecule has 21 heavy (non-hydrogen) atoms. The van der Waals surface area contributed by atoms with Gasteiger partial charge in [0.1, 0.15) is 5.82 Å². The maximum Gasteiger partial charge on any atom is 0.123 e. The summed E-state index contributed by atoms with van der Waals surface area (Å²) in [4.78, 5) is 3.05. The lowest BCUT2D eigenvalue weighted by Gasteiger charge is -2.18. The summed E-state index contributed by atoms with van der Waals surface area (Å²) in [5, 5.41) is 3.71. The number of rotatable bonds is 5. The number of nitrogens with one attached hydrogen (secondary N) is 1. The highest BCUT2D eigenvalue weighted by Crippen LogP contribution is 2.41. The third-order valence-corrected chi connectivity index (χ3v) is 5.85. The molecule has 2 aliphatic carbocycles. The van der Waals surface area contributed by atoms with Crippen molar-refractivity contribution in [2.75, 3.05) is 0 Å². The summed E-state index contributed by atoms with van der Waals surface area (Å²) in [5.74, 6) is 0.574. The molecule has 3 heteroatoms. The summed E-state index contributed by atoms with van der Waals surface area (Å²) >= 11 is 1.97. The van der Waals surface area contributed by atoms with Crippen LogP contribution in [0.2, 0.25) is 0 Å². The first-order chi connectivity index (χ1) is 10.3. The van der Waals surface area contributed by atoms with Crippen LogP contribution in [0, 0.1) is 11.7 Å². The van der Waals surface area contributed by atoms with Gasteiger partial charge in [-0.3, -0.25) is 0 Å². The standard InChI is InChI=1S/C18H20FNS/c19-15-8-6-13(7-9-15)18(12-4-5-12)20-11-16-10-14-2-1-3-17(14)21-16/h6-10,12,18,20H,1-5,11H2. The van der Waals surface area contributed by atoms with E-state index in [9.17, 15) is 4.39 Å². The van der Waals surface area contributed by atoms with Crippen LogP contribution in [-0.4, -0.2) is 0 Å². The average molecular weight is 301 g/mol. The number of aryl methyl sites for hydroxylation is 2. The topological polar surface area (TPSA) is 12.0 Å². The molecule has 110 valence electrons. The van der Waals surface area contributed by atoms with Crippen LogP contribution in [0.25, 0.3) is 0 Å². The van der Waals surface area contributed by atoms with Gasteiger partial charge < -0.3 is 5.32 Å². The lowest BCUT2D eigenvalue weighted by molar-refractivity contribution is 0.481. The zero-order valence-electron chi connectivity index (χ0n) is 12.1. The van der Waals surface area contributed by atoms with Crippen molar-refractivity contribution in [1.29, 1.82) is 0 Å². The average Bonchev–Trinajstić information content (AvgIpc) is 3.09. The van der Waals surface area contributed by atoms with Gasteiger partial charge in [-0.05, 0) is 67.3 Å². The minimum atomic E-state index is -0.150. The second kappa shape index (κ2) is 5.54. The van der Waals surface area contributed by atoms with Crippen molar-refractivity contribution in [3.63, 3.8) is 0 Å². The van der Waals surface area contributed by atoms with Gasteiger partial charge in [0.05, 0.1) is 0 Å². The number of hydrogen-bond acceptors (Lipinski definition) is 2. The van der Waals surface area contributed by atoms with Crippen molar-refractivity contribution >= 4 is 11.3 Å². The van der Waals surface area contributed by atoms with Crippen molar-refractivity contribution in [2.24, 2.45) is 5.92 Å². The van der Waals surface area contributed by atoms with Crippen LogP contribution in [0.5, 0.6) is 0 Å². The van der Waals surface area contributed by atoms with E-state index in [0.29, 0.717) is 6.04 Å². The fourth-order valence-corrected chi connectivity index (χ4v) is 4.56. The van der Waals surface area contributed by atoms with Crippen LogP contribution in [-0.2, 0) is 19.4 Å². The van der Waals surface area contributed by atoms with E-state index in [-0.39, 0.29) is 5.82 Å². The Hall–Kier alpha value is -1.19. The van der Waals surface area contributed by atoms with E-state index in [0.717, 1.165) is 12.5 Å². The van der Waals surface area contributed by atoms with Crippen molar-refractivity contribution in [2.45, 2.75) is 44.7 Å². The molecule has 0 saturated heterocycles. The Morgan fingerprint density at radius 1 is 1.19 bits per heavy atom. The van der Waals surface area contributed by atoms with Gasteiger partial charge in [-0.1, -0.05) is 12.1 Å². The first kappa shape index (κ1) is 13.5. The Balaban J connectivity index is 1.46. The van der Waals surface area contributed by atoms with Crippen LogP contribution in [0.4, 0.5) is 4.39 Å². The van der Waals surface area contributed by atoms with Gasteiger partial charge >= 0.3 is 0 Å². The van der Waals surface area contributed by atoms with Crippen LogP contribution >= 0.6 is 11.3 Å². The van der Waals surface area contributed by atoms with E-state index in [2.05, 4.69) is 11.4 Å². The van der Waals surface area contributed by atoms with Crippen LogP contribution in [0.1, 0.15) is 46.2 Å². The Kier molecular flexibility index (Phi) is 3.56. The Labute approximate surface area is 129 Å². The molecular formula is C18H20FNS. The quantitative estimate of drug-likeness (QED) is 0.850. The number of thiophene rings is 1. The summed E-state index contributed by atoms with van der Waals surface area (Å²) in [6, 6.07) is 9.77. The van der Waals surface area contributed by atoms with Gasteiger partial charge in [0.15, 0.2) is 0 Å². The van der Waals surface area contributed by atoms with Gasteiger partial charge in [-0.15, -0.1) is 11.3 Å². The Morgan fingerprint density at radius 2 is 2.00 bits per heavy atom. The molecule has 0 aliphatic heterocycles. The summed E-state index contributed by atoms with van der Waals surface area (Å²) in [7, 11) is 0. The first-order valence-electron chi connectivity index (χ1n) is 7.89. The molecule has 0 amide bonds. The molecule has 1 fully saturated rings. The van der Waals surface area contributed by atoms with E-state index >= 15 is 0 Å². The highest BCUT2D eigenvalue weighted by Gasteiger charge is 2.32. The lowest BCUT2D eigenvalue weighted by atomic mass is 10.0. The molecule has 1 heterocycles. The molecule has 1 atom stereocenters. The van der Waals surface area contributed by atoms with Crippen LogP contribution < -0.4 is 5.32 Å². The van der Waals surface area contributed by atoms with Crippen molar-refractivity contribution in [3.05, 3.63) is 57.0 Å². The van der Waals surface area contributed by atoms with Crippen molar-refractivity contribution in [3.8, 4) is 0 Å². The minimum absolute atomic E-state index is 0.150. The molecule has 2 aliphatic rings. The van der Waals surface area contributed by atoms with Crippen molar-refractivity contribution < 1.29 is 4.39 Å². The normalized spacial score (nSPS) is 18.7. The number of benzene rings is 1. The monoisotopic (exact) mass is 301 g/mol. The molecule has 1 N–H and O–H groups in total. The maximum atomic E-state index is 13.1. The second-order valence-electron chi connectivity index (χ2n) is 6.26. The summed E-state index contributed by atoms with van der Waals surface area (Å²) < 4.78 is 13.1. The first-order valence-corrected chi connectivity index (χ1v) is 8.70. The summed E-state index contributed by atoms with van der Waals surface area (Å²) in [6.45, 7) is 0.941. The second-order valence-corrected chi connectivity index (χ2v) is 7.48. The van der Waals surface area contributed by atoms with E-state index < -0.39 is 0 Å². The maximum absolute atomic E-state index is 13.1. The van der Waals surface area contributed by atoms with E-state index in [4.69, 9.17) is 0 Å². The highest BCUT2D eigenvalue weighted by molar-refractivity contribution is 7.12. The molecular weight excluding hydrogens is 281 g/mol. The van der Waals surface area contributed by atoms with Gasteiger partial charge in [0, 0.05) is 22.3 Å². The van der Waals surface area contributed by atoms with Gasteiger partial charge in [-0.25, -0.2) is 4.39 Å². The summed E-state index contributed by atoms with van der Waals surface area (Å²) in [5.41, 5.74) is 2.80. The lowest BCUT2D eigenvalue weighted by Crippen LogP contribution is -2.22. The molecule has 1 saturated carbocycles. The third kappa shape index (κ3) is 2.90. The zero-order valence-corrected chi connectivity index (χ0v) is 12.9. The molecule has 2 aromatic rings. The van der Waals surface area contributed by atoms with Crippen LogP contribution in [0.15, 0.2) is 30.3 Å². The van der Waals surface area contributed by atoms with Gasteiger partial charge in [0.2, 0.25) is 0 Å². The zero-order chi connectivity index (χ0) is 14.2. The van der Waals surface area contributed by atoms with Crippen LogP contribution in [0.3, 0.4) is 0 Å². The molecule has 1 nitrogen and oxygen atoms in total. The molecule has 0 bridgehead atoms. The highest BCUT2D eigenvalue weighted by atomic mass is 32.1. The summed E-state index contributed by atoms with van der Waals surface area (Å²) in [6.07, 6.45) is 6.43. The smallest absolute Gasteiger partial charge is 0.123 e. The third-order valence-electron chi connectivity index (χ3n) is 4.62. The fraction of sp³-hybridized carbons (Fsp3) is 0.444. The van der Waals surface area contributed by atoms with Gasteiger partial charge in [0.25, 0.3) is 0 Å². The number of halogens is 1.